The molecule has 4 amide bonds. The van der Waals surface area contributed by atoms with Gasteiger partial charge in [0.2, 0.25) is 21.8 Å². The lowest BCUT2D eigenvalue weighted by atomic mass is 9.85. The average Bonchev–Trinajstić information content (AvgIpc) is 3.93. The Morgan fingerprint density at radius 1 is 1.19 bits per heavy atom. The highest BCUT2D eigenvalue weighted by molar-refractivity contribution is 7.91. The second-order valence-corrected chi connectivity index (χ2v) is 15.8. The number of hydrogen-bond donors (Lipinski definition) is 3. The summed E-state index contributed by atoms with van der Waals surface area (Å²) in [6.07, 6.45) is 10.1. The molecular formula is C33H45N5O8S. The van der Waals surface area contributed by atoms with Crippen molar-refractivity contribution in [3.63, 3.8) is 0 Å². The highest BCUT2D eigenvalue weighted by atomic mass is 32.2. The summed E-state index contributed by atoms with van der Waals surface area (Å²) >= 11 is 0. The highest BCUT2D eigenvalue weighted by Gasteiger charge is 2.62. The normalized spacial score (nSPS) is 29.5. The molecule has 1 saturated heterocycles. The molecule has 2 aliphatic heterocycles. The molecule has 0 spiro atoms. The van der Waals surface area contributed by atoms with Gasteiger partial charge in [0, 0.05) is 18.5 Å². The molecule has 3 N–H and O–H groups in total. The third kappa shape index (κ3) is 7.96. The van der Waals surface area contributed by atoms with Crippen molar-refractivity contribution >= 4 is 39.9 Å². The van der Waals surface area contributed by atoms with Crippen LogP contribution in [0.2, 0.25) is 0 Å². The first-order valence-electron chi connectivity index (χ1n) is 16.3. The van der Waals surface area contributed by atoms with Crippen molar-refractivity contribution < 1.29 is 37.1 Å². The van der Waals surface area contributed by atoms with Crippen LogP contribution in [0.25, 0.3) is 6.08 Å². The van der Waals surface area contributed by atoms with E-state index in [0.29, 0.717) is 30.7 Å². The van der Waals surface area contributed by atoms with E-state index in [-0.39, 0.29) is 26.0 Å². The van der Waals surface area contributed by atoms with Crippen LogP contribution in [0.3, 0.4) is 0 Å². The third-order valence-corrected chi connectivity index (χ3v) is 10.9. The van der Waals surface area contributed by atoms with Gasteiger partial charge in [0.05, 0.1) is 18.4 Å². The van der Waals surface area contributed by atoms with E-state index in [1.54, 1.807) is 39.1 Å². The highest BCUT2D eigenvalue weighted by Crippen LogP contribution is 2.45. The molecule has 0 aromatic carbocycles. The molecule has 14 heteroatoms. The van der Waals surface area contributed by atoms with Gasteiger partial charge >= 0.3 is 6.09 Å². The summed E-state index contributed by atoms with van der Waals surface area (Å²) in [4.78, 5) is 60.3. The molecule has 4 aliphatic rings. The van der Waals surface area contributed by atoms with E-state index in [2.05, 4.69) is 26.9 Å². The van der Waals surface area contributed by atoms with Crippen LogP contribution in [0.15, 0.2) is 37.1 Å². The summed E-state index contributed by atoms with van der Waals surface area (Å²) in [5.74, 6) is -1.98. The van der Waals surface area contributed by atoms with Crippen LogP contribution in [0.1, 0.15) is 77.8 Å². The number of fused-ring (bicyclic) bond motifs is 3. The van der Waals surface area contributed by atoms with Gasteiger partial charge in [0.15, 0.2) is 0 Å². The molecule has 1 aromatic heterocycles. The number of rotatable bonds is 6. The summed E-state index contributed by atoms with van der Waals surface area (Å²) in [7, 11) is -3.87. The molecule has 0 radical (unpaired) electrons. The molecule has 2 saturated carbocycles. The Morgan fingerprint density at radius 3 is 2.64 bits per heavy atom. The van der Waals surface area contributed by atoms with Gasteiger partial charge < -0.3 is 25.0 Å². The molecule has 1 unspecified atom stereocenters. The number of alkyl carbamates (subject to hydrolysis) is 1. The predicted octanol–water partition coefficient (Wildman–Crippen LogP) is 2.83. The largest absolute Gasteiger partial charge is 0.486 e. The zero-order valence-corrected chi connectivity index (χ0v) is 28.0. The zero-order valence-electron chi connectivity index (χ0n) is 27.2. The van der Waals surface area contributed by atoms with Crippen molar-refractivity contribution in [1.29, 1.82) is 0 Å². The minimum absolute atomic E-state index is 0.0123. The topological polar surface area (TPSA) is 173 Å². The van der Waals surface area contributed by atoms with Crippen LogP contribution in [0.5, 0.6) is 5.75 Å². The van der Waals surface area contributed by atoms with Crippen molar-refractivity contribution in [2.45, 2.75) is 101 Å². The van der Waals surface area contributed by atoms with Gasteiger partial charge in [-0.1, -0.05) is 32.9 Å². The van der Waals surface area contributed by atoms with Gasteiger partial charge in [-0.25, -0.2) is 13.2 Å². The number of allylic oxidation sites excluding steroid dienone is 1. The monoisotopic (exact) mass is 671 g/mol. The Kier molecular flexibility index (Phi) is 9.99. The summed E-state index contributed by atoms with van der Waals surface area (Å²) in [6.45, 7) is 9.36. The second kappa shape index (κ2) is 13.7. The maximum Gasteiger partial charge on any atom is 0.407 e. The maximum atomic E-state index is 14.3. The summed E-state index contributed by atoms with van der Waals surface area (Å²) in [6, 6.07) is 1.37. The molecule has 13 nitrogen and oxygen atoms in total. The Bertz CT molecular complexity index is 1540. The number of carbonyl (C=O) groups is 4. The number of pyridine rings is 1. The van der Waals surface area contributed by atoms with Crippen molar-refractivity contribution in [2.75, 3.05) is 13.2 Å². The first kappa shape index (κ1) is 34.4. The van der Waals surface area contributed by atoms with Gasteiger partial charge in [0.1, 0.15) is 35.2 Å². The number of ether oxygens (including phenoxy) is 2. The maximum absolute atomic E-state index is 14.3. The first-order chi connectivity index (χ1) is 22.2. The minimum atomic E-state index is -3.87. The number of nitrogens with one attached hydrogen (secondary N) is 3. The van der Waals surface area contributed by atoms with Gasteiger partial charge in [-0.3, -0.25) is 24.1 Å². The van der Waals surface area contributed by atoms with Crippen molar-refractivity contribution in [3.8, 4) is 5.75 Å². The average molecular weight is 672 g/mol. The Hall–Kier alpha value is -3.94. The second-order valence-electron chi connectivity index (χ2n) is 13.9. The number of aromatic nitrogens is 1. The number of nitrogens with zero attached hydrogens (tertiary/aromatic N) is 2. The van der Waals surface area contributed by atoms with E-state index in [0.717, 1.165) is 19.3 Å². The van der Waals surface area contributed by atoms with Gasteiger partial charge in [-0.15, -0.1) is 6.58 Å². The summed E-state index contributed by atoms with van der Waals surface area (Å²) in [5, 5.41) is 4.87. The van der Waals surface area contributed by atoms with Gasteiger partial charge in [0.25, 0.3) is 5.91 Å². The Morgan fingerprint density at radius 2 is 1.96 bits per heavy atom. The quantitative estimate of drug-likeness (QED) is 0.385. The van der Waals surface area contributed by atoms with E-state index < -0.39 is 74.1 Å². The van der Waals surface area contributed by atoms with E-state index in [4.69, 9.17) is 9.47 Å². The summed E-state index contributed by atoms with van der Waals surface area (Å²) < 4.78 is 39.1. The summed E-state index contributed by atoms with van der Waals surface area (Å²) in [5.41, 5.74) is -1.67. The Labute approximate surface area is 276 Å². The smallest absolute Gasteiger partial charge is 0.407 e. The van der Waals surface area contributed by atoms with Crippen LogP contribution in [-0.2, 0) is 29.1 Å². The molecule has 2 bridgehead atoms. The molecule has 2 aliphatic carbocycles. The molecule has 47 heavy (non-hydrogen) atoms. The van der Waals surface area contributed by atoms with E-state index in [1.807, 2.05) is 12.2 Å². The number of sulfonamides is 1. The van der Waals surface area contributed by atoms with Crippen LogP contribution in [-0.4, -0.2) is 84.2 Å². The minimum Gasteiger partial charge on any atom is -0.486 e. The molecular weight excluding hydrogens is 626 g/mol. The van der Waals surface area contributed by atoms with E-state index in [1.165, 1.54) is 11.0 Å². The van der Waals surface area contributed by atoms with Crippen molar-refractivity contribution in [1.82, 2.24) is 25.2 Å². The Balaban J connectivity index is 1.44. The zero-order chi connectivity index (χ0) is 34.0. The molecule has 5 atom stereocenters. The van der Waals surface area contributed by atoms with Crippen LogP contribution in [0, 0.1) is 11.3 Å². The number of amides is 4. The fourth-order valence-electron chi connectivity index (χ4n) is 6.08. The number of cyclic esters (lactones) is 1. The first-order valence-corrected chi connectivity index (χ1v) is 17.8. The third-order valence-electron chi connectivity index (χ3n) is 9.09. The number of carbonyl (C=O) groups excluding carboxylic acids is 4. The molecule has 1 aromatic rings. The number of hydrogen-bond acceptors (Lipinski definition) is 9. The van der Waals surface area contributed by atoms with Gasteiger partial charge in [-0.05, 0) is 68.6 Å². The van der Waals surface area contributed by atoms with Crippen LogP contribution < -0.4 is 20.1 Å². The molecule has 256 valence electrons. The molecule has 5 rings (SSSR count). The lowest BCUT2D eigenvalue weighted by Crippen LogP contribution is -2.60. The van der Waals surface area contributed by atoms with Crippen LogP contribution >= 0.6 is 0 Å². The SMILES string of the molecule is C=CC1C[C@]1(NC(=O)[C@@H]1C[C@@H]2CN1C(=O)[C@H](C(C)(C)C)NC(=O)OCCCCC/C=C/c1ncccc1O2)C(=O)NS(=O)(=O)C1CC1. The fourth-order valence-corrected chi connectivity index (χ4v) is 7.44. The van der Waals surface area contributed by atoms with Crippen molar-refractivity contribution in [2.24, 2.45) is 11.3 Å². The van der Waals surface area contributed by atoms with Crippen LogP contribution in [0.4, 0.5) is 4.79 Å². The standard InChI is InChI=1S/C33H45N5O8S/c1-5-21-19-33(21,30(41)37-47(43,44)23-14-15-23)36-28(39)25-18-22-20-38(25)29(40)27(32(2,3)4)35-31(42)45-17-10-8-6-7-9-12-24-26(46-22)13-11-16-34-24/h5,9,11-13,16,21-23,25,27H,1,6-8,10,14-15,17-20H2,2-4H3,(H,35,42)(H,36,39)(H,37,41)/b12-9+/t21?,22-,25+,27-,33-/m1/s1. The van der Waals surface area contributed by atoms with Gasteiger partial charge in [-0.2, -0.15) is 0 Å². The van der Waals surface area contributed by atoms with E-state index >= 15 is 0 Å². The lowest BCUT2D eigenvalue weighted by Gasteiger charge is -2.35. The fraction of sp³-hybridized carbons (Fsp3) is 0.606. The predicted molar refractivity (Wildman–Crippen MR) is 173 cm³/mol. The molecule has 3 heterocycles. The lowest BCUT2D eigenvalue weighted by molar-refractivity contribution is -0.142. The molecule has 3 fully saturated rings. The van der Waals surface area contributed by atoms with Crippen molar-refractivity contribution in [3.05, 3.63) is 42.8 Å². The van der Waals surface area contributed by atoms with E-state index in [9.17, 15) is 27.6 Å².